The highest BCUT2D eigenvalue weighted by atomic mass is 19.4. The number of aliphatic hydroxyl groups excluding tert-OH is 1. The van der Waals surface area contributed by atoms with Gasteiger partial charge in [0.15, 0.2) is 0 Å². The van der Waals surface area contributed by atoms with E-state index in [1.807, 2.05) is 13.0 Å². The molecular formula is C17H24F3NO3. The molecule has 0 unspecified atom stereocenters. The van der Waals surface area contributed by atoms with Crippen LogP contribution in [-0.4, -0.2) is 29.6 Å². The second-order valence-electron chi connectivity index (χ2n) is 6.04. The van der Waals surface area contributed by atoms with E-state index in [0.29, 0.717) is 12.1 Å². The molecule has 0 spiro atoms. The first-order valence-electron chi connectivity index (χ1n) is 7.90. The maximum absolute atomic E-state index is 12.7. The molecule has 0 aliphatic heterocycles. The molecule has 2 N–H and O–H groups in total. The first-order chi connectivity index (χ1) is 11.1. The van der Waals surface area contributed by atoms with Crippen molar-refractivity contribution in [3.8, 4) is 0 Å². The van der Waals surface area contributed by atoms with Gasteiger partial charge in [0.2, 0.25) is 5.60 Å². The quantitative estimate of drug-likeness (QED) is 0.716. The number of aliphatic hydroxyl groups is 1. The zero-order valence-corrected chi connectivity index (χ0v) is 14.2. The summed E-state index contributed by atoms with van der Waals surface area (Å²) >= 11 is 0. The van der Waals surface area contributed by atoms with Crippen LogP contribution in [0, 0.1) is 0 Å². The molecule has 1 aromatic rings. The molecule has 1 amide bonds. The number of halogens is 3. The summed E-state index contributed by atoms with van der Waals surface area (Å²) in [6.07, 6.45) is -2.81. The van der Waals surface area contributed by atoms with Crippen LogP contribution in [0.2, 0.25) is 0 Å². The molecule has 0 fully saturated rings. The van der Waals surface area contributed by atoms with Crippen molar-refractivity contribution in [2.75, 3.05) is 11.9 Å². The number of rotatable bonds is 7. The minimum Gasteiger partial charge on any atom is -0.434 e. The summed E-state index contributed by atoms with van der Waals surface area (Å²) in [5, 5.41) is 11.2. The van der Waals surface area contributed by atoms with Gasteiger partial charge in [-0.2, -0.15) is 13.2 Å². The predicted molar refractivity (Wildman–Crippen MR) is 86.1 cm³/mol. The topological polar surface area (TPSA) is 58.6 Å². The molecule has 7 heteroatoms. The number of hydrogen-bond donors (Lipinski definition) is 2. The van der Waals surface area contributed by atoms with Gasteiger partial charge in [-0.25, -0.2) is 4.79 Å². The molecule has 0 saturated heterocycles. The zero-order valence-electron chi connectivity index (χ0n) is 14.2. The monoisotopic (exact) mass is 347 g/mol. The lowest BCUT2D eigenvalue weighted by Crippen LogP contribution is -2.44. The molecule has 0 bridgehead atoms. The van der Waals surface area contributed by atoms with Crippen LogP contribution in [0.3, 0.4) is 0 Å². The summed E-state index contributed by atoms with van der Waals surface area (Å²) in [7, 11) is 0. The van der Waals surface area contributed by atoms with Gasteiger partial charge in [0.05, 0.1) is 0 Å². The van der Waals surface area contributed by atoms with E-state index in [1.165, 1.54) is 0 Å². The number of benzene rings is 1. The molecule has 1 rings (SSSR count). The Morgan fingerprint density at radius 2 is 1.88 bits per heavy atom. The van der Waals surface area contributed by atoms with E-state index in [2.05, 4.69) is 10.1 Å². The molecule has 0 heterocycles. The Morgan fingerprint density at radius 1 is 1.21 bits per heavy atom. The van der Waals surface area contributed by atoms with Crippen LogP contribution in [0.1, 0.15) is 44.7 Å². The van der Waals surface area contributed by atoms with Gasteiger partial charge in [-0.3, -0.25) is 5.32 Å². The van der Waals surface area contributed by atoms with Crippen molar-refractivity contribution in [3.05, 3.63) is 29.3 Å². The third-order valence-electron chi connectivity index (χ3n) is 3.72. The first kappa shape index (κ1) is 20.3. The largest absolute Gasteiger partial charge is 0.434 e. The third-order valence-corrected chi connectivity index (χ3v) is 3.72. The Balaban J connectivity index is 2.80. The predicted octanol–water partition coefficient (Wildman–Crippen LogP) is 4.45. The van der Waals surface area contributed by atoms with Crippen molar-refractivity contribution >= 4 is 11.8 Å². The molecule has 1 aromatic carbocycles. The molecule has 0 radical (unpaired) electrons. The van der Waals surface area contributed by atoms with Gasteiger partial charge in [0.25, 0.3) is 0 Å². The fourth-order valence-corrected chi connectivity index (χ4v) is 2.14. The molecular weight excluding hydrogens is 323 g/mol. The second-order valence-corrected chi connectivity index (χ2v) is 6.04. The van der Waals surface area contributed by atoms with Crippen LogP contribution < -0.4 is 5.32 Å². The zero-order chi connectivity index (χ0) is 18.4. The number of anilines is 1. The Morgan fingerprint density at radius 3 is 2.42 bits per heavy atom. The minimum atomic E-state index is -4.65. The third kappa shape index (κ3) is 5.70. The van der Waals surface area contributed by atoms with E-state index >= 15 is 0 Å². The number of ether oxygens (including phenoxy) is 1. The van der Waals surface area contributed by atoms with Crippen molar-refractivity contribution in [2.24, 2.45) is 0 Å². The molecule has 0 atom stereocenters. The smallest absolute Gasteiger partial charge is 0.427 e. The van der Waals surface area contributed by atoms with Crippen LogP contribution >= 0.6 is 0 Å². The number of nitrogens with one attached hydrogen (secondary N) is 1. The Hall–Kier alpha value is -1.76. The van der Waals surface area contributed by atoms with Gasteiger partial charge in [-0.15, -0.1) is 0 Å². The number of hydrogen-bond acceptors (Lipinski definition) is 3. The number of unbranched alkanes of at least 4 members (excludes halogenated alkanes) is 1. The lowest BCUT2D eigenvalue weighted by Gasteiger charge is -2.27. The average Bonchev–Trinajstić information content (AvgIpc) is 2.46. The van der Waals surface area contributed by atoms with Crippen molar-refractivity contribution in [2.45, 2.75) is 58.2 Å². The highest BCUT2D eigenvalue weighted by Gasteiger charge is 2.50. The summed E-state index contributed by atoms with van der Waals surface area (Å²) in [6.45, 7) is 3.70. The van der Waals surface area contributed by atoms with E-state index in [4.69, 9.17) is 5.11 Å². The number of carbonyl (C=O) groups is 1. The standard InChI is InChI=1S/C17H24F3NO3/c1-4-12-8-9-14(11-13(12)7-5-6-10-22)21-15(23)24-16(2,3)17(18,19)20/h8-9,11,22H,4-7,10H2,1-3H3,(H,21,23). The van der Waals surface area contributed by atoms with E-state index in [9.17, 15) is 18.0 Å². The van der Waals surface area contributed by atoms with Crippen molar-refractivity contribution in [1.82, 2.24) is 0 Å². The van der Waals surface area contributed by atoms with Gasteiger partial charge in [-0.05, 0) is 62.8 Å². The van der Waals surface area contributed by atoms with Gasteiger partial charge >= 0.3 is 12.3 Å². The summed E-state index contributed by atoms with van der Waals surface area (Å²) in [4.78, 5) is 11.7. The Labute approximate surface area is 140 Å². The van der Waals surface area contributed by atoms with Gasteiger partial charge in [-0.1, -0.05) is 13.0 Å². The van der Waals surface area contributed by atoms with Crippen LogP contribution in [0.4, 0.5) is 23.7 Å². The van der Waals surface area contributed by atoms with Crippen LogP contribution in [0.25, 0.3) is 0 Å². The van der Waals surface area contributed by atoms with Crippen molar-refractivity contribution < 1.29 is 27.8 Å². The van der Waals surface area contributed by atoms with Crippen molar-refractivity contribution in [1.29, 1.82) is 0 Å². The fourth-order valence-electron chi connectivity index (χ4n) is 2.14. The molecule has 0 aliphatic carbocycles. The van der Waals surface area contributed by atoms with Gasteiger partial charge in [0.1, 0.15) is 0 Å². The lowest BCUT2D eigenvalue weighted by atomic mass is 9.99. The molecule has 0 aliphatic rings. The normalized spacial score (nSPS) is 12.1. The minimum absolute atomic E-state index is 0.109. The SMILES string of the molecule is CCc1ccc(NC(=O)OC(C)(C)C(F)(F)F)cc1CCCCO. The highest BCUT2D eigenvalue weighted by Crippen LogP contribution is 2.33. The Kier molecular flexibility index (Phi) is 7.08. The number of amides is 1. The molecule has 136 valence electrons. The van der Waals surface area contributed by atoms with Crippen LogP contribution in [0.15, 0.2) is 18.2 Å². The first-order valence-corrected chi connectivity index (χ1v) is 7.90. The summed E-state index contributed by atoms with van der Waals surface area (Å²) in [6, 6.07) is 5.20. The van der Waals surface area contributed by atoms with E-state index in [0.717, 1.165) is 44.2 Å². The van der Waals surface area contributed by atoms with E-state index in [-0.39, 0.29) is 6.61 Å². The molecule has 0 saturated carbocycles. The maximum atomic E-state index is 12.7. The summed E-state index contributed by atoms with van der Waals surface area (Å²) in [5.41, 5.74) is -0.0832. The molecule has 4 nitrogen and oxygen atoms in total. The van der Waals surface area contributed by atoms with Gasteiger partial charge in [0, 0.05) is 12.3 Å². The average molecular weight is 347 g/mol. The van der Waals surface area contributed by atoms with E-state index in [1.54, 1.807) is 12.1 Å². The number of alkyl halides is 3. The summed E-state index contributed by atoms with van der Waals surface area (Å²) < 4.78 is 42.7. The van der Waals surface area contributed by atoms with Crippen molar-refractivity contribution in [3.63, 3.8) is 0 Å². The van der Waals surface area contributed by atoms with Crippen LogP contribution in [0.5, 0.6) is 0 Å². The number of aryl methyl sites for hydroxylation is 2. The van der Waals surface area contributed by atoms with Gasteiger partial charge < -0.3 is 9.84 Å². The number of carbonyl (C=O) groups excluding carboxylic acids is 1. The Bertz CT molecular complexity index is 557. The maximum Gasteiger partial charge on any atom is 0.427 e. The summed E-state index contributed by atoms with van der Waals surface area (Å²) in [5.74, 6) is 0. The fraction of sp³-hybridized carbons (Fsp3) is 0.588. The molecule has 24 heavy (non-hydrogen) atoms. The van der Waals surface area contributed by atoms with E-state index < -0.39 is 17.9 Å². The second kappa shape index (κ2) is 8.37. The highest BCUT2D eigenvalue weighted by molar-refractivity contribution is 5.85. The van der Waals surface area contributed by atoms with Crippen LogP contribution in [-0.2, 0) is 17.6 Å². The lowest BCUT2D eigenvalue weighted by molar-refractivity contribution is -0.242. The molecule has 0 aromatic heterocycles.